The Kier molecular flexibility index (Phi) is 3.85. The van der Waals surface area contributed by atoms with Gasteiger partial charge in [-0.05, 0) is 23.8 Å². The number of phenolic OH excluding ortho intramolecular Hbond substituents is 1. The van der Waals surface area contributed by atoms with Crippen LogP contribution in [0.15, 0.2) is 59.4 Å². The normalized spacial score (nSPS) is 10.7. The van der Waals surface area contributed by atoms with Gasteiger partial charge >= 0.3 is 0 Å². The SMILES string of the molecule is CN(Cc1ccc(O)cc1)C(=O)c1cc(=O)[nH]c2ccccc12. The zero-order chi connectivity index (χ0) is 16.4. The lowest BCUT2D eigenvalue weighted by atomic mass is 10.1. The molecule has 116 valence electrons. The third kappa shape index (κ3) is 3.08. The van der Waals surface area contributed by atoms with Crippen LogP contribution in [0.1, 0.15) is 15.9 Å². The van der Waals surface area contributed by atoms with Crippen LogP contribution in [0.3, 0.4) is 0 Å². The molecular weight excluding hydrogens is 292 g/mol. The first kappa shape index (κ1) is 14.8. The van der Waals surface area contributed by atoms with Gasteiger partial charge in [0, 0.05) is 30.6 Å². The van der Waals surface area contributed by atoms with Crippen molar-refractivity contribution in [3.8, 4) is 5.75 Å². The van der Waals surface area contributed by atoms with E-state index in [2.05, 4.69) is 4.98 Å². The molecule has 0 aliphatic carbocycles. The minimum Gasteiger partial charge on any atom is -0.508 e. The smallest absolute Gasteiger partial charge is 0.254 e. The van der Waals surface area contributed by atoms with Gasteiger partial charge in [-0.1, -0.05) is 30.3 Å². The Balaban J connectivity index is 1.93. The van der Waals surface area contributed by atoms with Crippen molar-refractivity contribution in [3.05, 3.63) is 76.1 Å². The minimum absolute atomic E-state index is 0.184. The Bertz CT molecular complexity index is 913. The highest BCUT2D eigenvalue weighted by atomic mass is 16.3. The van der Waals surface area contributed by atoms with Crippen molar-refractivity contribution in [2.45, 2.75) is 6.54 Å². The second kappa shape index (κ2) is 5.96. The lowest BCUT2D eigenvalue weighted by molar-refractivity contribution is 0.0787. The van der Waals surface area contributed by atoms with Gasteiger partial charge in [-0.15, -0.1) is 0 Å². The summed E-state index contributed by atoms with van der Waals surface area (Å²) >= 11 is 0. The summed E-state index contributed by atoms with van der Waals surface area (Å²) in [7, 11) is 1.69. The summed E-state index contributed by atoms with van der Waals surface area (Å²) < 4.78 is 0. The van der Waals surface area contributed by atoms with Gasteiger partial charge in [0.2, 0.25) is 5.56 Å². The fraction of sp³-hybridized carbons (Fsp3) is 0.111. The van der Waals surface area contributed by atoms with Crippen molar-refractivity contribution < 1.29 is 9.90 Å². The number of amides is 1. The summed E-state index contributed by atoms with van der Waals surface area (Å²) in [5.74, 6) is -0.0382. The Morgan fingerprint density at radius 1 is 1.13 bits per heavy atom. The number of carbonyl (C=O) groups excluding carboxylic acids is 1. The average Bonchev–Trinajstić information content (AvgIpc) is 2.55. The van der Waals surface area contributed by atoms with Crippen LogP contribution in [-0.2, 0) is 6.54 Å². The van der Waals surface area contributed by atoms with Gasteiger partial charge in [0.1, 0.15) is 5.75 Å². The van der Waals surface area contributed by atoms with Crippen molar-refractivity contribution in [1.82, 2.24) is 9.88 Å². The molecule has 0 aliphatic rings. The maximum absolute atomic E-state index is 12.7. The van der Waals surface area contributed by atoms with Crippen molar-refractivity contribution in [1.29, 1.82) is 0 Å². The fourth-order valence-electron chi connectivity index (χ4n) is 2.53. The summed E-state index contributed by atoms with van der Waals surface area (Å²) in [6.45, 7) is 0.389. The lowest BCUT2D eigenvalue weighted by Crippen LogP contribution is -2.27. The number of benzene rings is 2. The third-order valence-corrected chi connectivity index (χ3v) is 3.68. The number of fused-ring (bicyclic) bond motifs is 1. The topological polar surface area (TPSA) is 73.4 Å². The number of aromatic amines is 1. The van der Waals surface area contributed by atoms with Crippen LogP contribution < -0.4 is 5.56 Å². The molecule has 0 radical (unpaired) electrons. The van der Waals surface area contributed by atoms with E-state index < -0.39 is 0 Å². The average molecular weight is 308 g/mol. The molecule has 1 aromatic heterocycles. The first-order valence-electron chi connectivity index (χ1n) is 7.20. The van der Waals surface area contributed by atoms with Gasteiger partial charge in [-0.2, -0.15) is 0 Å². The molecule has 0 spiro atoms. The highest BCUT2D eigenvalue weighted by molar-refractivity contribution is 6.05. The van der Waals surface area contributed by atoms with E-state index >= 15 is 0 Å². The maximum atomic E-state index is 12.7. The minimum atomic E-state index is -0.301. The third-order valence-electron chi connectivity index (χ3n) is 3.68. The van der Waals surface area contributed by atoms with Crippen LogP contribution >= 0.6 is 0 Å². The molecule has 5 nitrogen and oxygen atoms in total. The molecule has 5 heteroatoms. The van der Waals surface area contributed by atoms with E-state index in [9.17, 15) is 14.7 Å². The highest BCUT2D eigenvalue weighted by Crippen LogP contribution is 2.17. The number of H-pyrrole nitrogens is 1. The Hall–Kier alpha value is -3.08. The number of rotatable bonds is 3. The molecule has 0 saturated heterocycles. The molecule has 0 saturated carbocycles. The van der Waals surface area contributed by atoms with Crippen molar-refractivity contribution in [2.75, 3.05) is 7.05 Å². The van der Waals surface area contributed by atoms with E-state index in [-0.39, 0.29) is 17.2 Å². The number of hydrogen-bond donors (Lipinski definition) is 2. The van der Waals surface area contributed by atoms with Crippen molar-refractivity contribution >= 4 is 16.8 Å². The molecule has 0 fully saturated rings. The highest BCUT2D eigenvalue weighted by Gasteiger charge is 2.16. The van der Waals surface area contributed by atoms with Crippen LogP contribution in [-0.4, -0.2) is 27.9 Å². The zero-order valence-corrected chi connectivity index (χ0v) is 12.6. The fourth-order valence-corrected chi connectivity index (χ4v) is 2.53. The molecule has 0 atom stereocenters. The van der Waals surface area contributed by atoms with Crippen LogP contribution in [0.25, 0.3) is 10.9 Å². The van der Waals surface area contributed by atoms with Crippen LogP contribution in [0.2, 0.25) is 0 Å². The van der Waals surface area contributed by atoms with Gasteiger partial charge < -0.3 is 15.0 Å². The molecule has 0 bridgehead atoms. The standard InChI is InChI=1S/C18H16N2O3/c1-20(11-12-6-8-13(21)9-7-12)18(23)15-10-17(22)19-16-5-3-2-4-14(15)16/h2-10,21H,11H2,1H3,(H,19,22). The maximum Gasteiger partial charge on any atom is 0.254 e. The molecular formula is C18H16N2O3. The van der Waals surface area contributed by atoms with E-state index in [1.165, 1.54) is 6.07 Å². The second-order valence-electron chi connectivity index (χ2n) is 5.42. The number of para-hydroxylation sites is 1. The first-order valence-corrected chi connectivity index (χ1v) is 7.20. The Morgan fingerprint density at radius 3 is 2.57 bits per heavy atom. The summed E-state index contributed by atoms with van der Waals surface area (Å²) in [4.78, 5) is 28.8. The number of pyridine rings is 1. The van der Waals surface area contributed by atoms with Gasteiger partial charge in [0.25, 0.3) is 5.91 Å². The van der Waals surface area contributed by atoms with Gasteiger partial charge in [-0.25, -0.2) is 0 Å². The quantitative estimate of drug-likeness (QED) is 0.781. The van der Waals surface area contributed by atoms with Gasteiger partial charge in [0.15, 0.2) is 0 Å². The van der Waals surface area contributed by atoms with E-state index in [1.54, 1.807) is 42.3 Å². The Morgan fingerprint density at radius 2 is 1.83 bits per heavy atom. The van der Waals surface area contributed by atoms with Crippen LogP contribution in [0, 0.1) is 0 Å². The van der Waals surface area contributed by atoms with Crippen molar-refractivity contribution in [2.24, 2.45) is 0 Å². The van der Waals surface area contributed by atoms with E-state index in [1.807, 2.05) is 18.2 Å². The Labute approximate surface area is 132 Å². The van der Waals surface area contributed by atoms with Crippen LogP contribution in [0.4, 0.5) is 0 Å². The molecule has 0 aliphatic heterocycles. The van der Waals surface area contributed by atoms with E-state index in [4.69, 9.17) is 0 Å². The predicted molar refractivity (Wildman–Crippen MR) is 88.5 cm³/mol. The van der Waals surface area contributed by atoms with E-state index in [0.717, 1.165) is 10.9 Å². The predicted octanol–water partition coefficient (Wildman–Crippen LogP) is 2.51. The summed E-state index contributed by atoms with van der Waals surface area (Å²) in [5.41, 5.74) is 1.62. The second-order valence-corrected chi connectivity index (χ2v) is 5.42. The van der Waals surface area contributed by atoms with Gasteiger partial charge in [-0.3, -0.25) is 9.59 Å². The monoisotopic (exact) mass is 308 g/mol. The number of carbonyl (C=O) groups is 1. The zero-order valence-electron chi connectivity index (χ0n) is 12.6. The number of nitrogens with zero attached hydrogens (tertiary/aromatic N) is 1. The van der Waals surface area contributed by atoms with Gasteiger partial charge in [0.05, 0.1) is 5.56 Å². The number of aromatic nitrogens is 1. The lowest BCUT2D eigenvalue weighted by Gasteiger charge is -2.18. The molecule has 1 amide bonds. The van der Waals surface area contributed by atoms with Crippen LogP contribution in [0.5, 0.6) is 5.75 Å². The number of nitrogens with one attached hydrogen (secondary N) is 1. The number of aromatic hydroxyl groups is 1. The summed E-state index contributed by atoms with van der Waals surface area (Å²) in [6.07, 6.45) is 0. The number of hydrogen-bond acceptors (Lipinski definition) is 3. The number of phenols is 1. The van der Waals surface area contributed by atoms with E-state index in [0.29, 0.717) is 17.6 Å². The molecule has 3 aromatic rings. The molecule has 1 heterocycles. The molecule has 2 aromatic carbocycles. The molecule has 3 rings (SSSR count). The van der Waals surface area contributed by atoms with Crippen molar-refractivity contribution in [3.63, 3.8) is 0 Å². The largest absolute Gasteiger partial charge is 0.508 e. The molecule has 2 N–H and O–H groups in total. The summed E-state index contributed by atoms with van der Waals surface area (Å²) in [6, 6.07) is 15.2. The first-order chi connectivity index (χ1) is 11.0. The summed E-state index contributed by atoms with van der Waals surface area (Å²) in [5, 5.41) is 10.0. The molecule has 23 heavy (non-hydrogen) atoms. The molecule has 0 unspecified atom stereocenters.